The number of hydrogen-bond acceptors (Lipinski definition) is 8. The number of likely N-dealkylation sites (N-methyl/N-ethyl adjacent to an activating group) is 1. The number of likely N-dealkylation sites (tertiary alicyclic amines) is 1. The van der Waals surface area contributed by atoms with Crippen molar-refractivity contribution in [1.82, 2.24) is 34.8 Å². The molecule has 1 amide bonds. The number of para-hydroxylation sites is 2. The molecule has 0 aliphatic carbocycles. The highest BCUT2D eigenvalue weighted by atomic mass is 35.5. The summed E-state index contributed by atoms with van der Waals surface area (Å²) >= 11 is 12.8. The second-order valence-electron chi connectivity index (χ2n) is 13.0. The van der Waals surface area contributed by atoms with Gasteiger partial charge in [-0.05, 0) is 86.0 Å². The lowest BCUT2D eigenvalue weighted by atomic mass is 9.93. The Hall–Kier alpha value is -4.84. The van der Waals surface area contributed by atoms with Gasteiger partial charge in [-0.25, -0.2) is 4.98 Å². The number of furan rings is 1. The molecule has 1 fully saturated rings. The Morgan fingerprint density at radius 3 is 2.67 bits per heavy atom. The maximum absolute atomic E-state index is 13.9. The maximum Gasteiger partial charge on any atom is 0.257 e. The Balaban J connectivity index is 1.01. The summed E-state index contributed by atoms with van der Waals surface area (Å²) in [7, 11) is 3.39. The Kier molecular flexibility index (Phi) is 10.6. The third-order valence-electron chi connectivity index (χ3n) is 9.66. The fraction of sp³-hybridized carbons (Fsp3) is 0.316. The Labute approximate surface area is 306 Å². The zero-order chi connectivity index (χ0) is 35.3. The third kappa shape index (κ3) is 7.90. The molecule has 11 nitrogen and oxygen atoms in total. The molecule has 3 aromatic heterocycles. The Bertz CT molecular complexity index is 2070. The standard InChI is InChI=1S/C38H40Cl2N8O3/c1-46(37(49)30-20-26(10-12-36(30)50-2)34-22-41-45-44-34)23-27(25-9-11-31(39)32(40)21-25)13-16-47-17-14-28(15-18-47)42-38-43-33-7-3-4-8-35(33)48(38)24-29-6-5-19-51-29/h3-12,19-22,27-28H,13-18,23-24H2,1-2H3,(H,42,43)(H,41,44,45). The highest BCUT2D eigenvalue weighted by molar-refractivity contribution is 6.42. The summed E-state index contributed by atoms with van der Waals surface area (Å²) in [5, 5.41) is 15.5. The van der Waals surface area contributed by atoms with Crippen molar-refractivity contribution in [3.05, 3.63) is 112 Å². The average molecular weight is 728 g/mol. The molecule has 0 saturated carbocycles. The van der Waals surface area contributed by atoms with E-state index in [-0.39, 0.29) is 11.8 Å². The molecule has 51 heavy (non-hydrogen) atoms. The van der Waals surface area contributed by atoms with E-state index in [0.29, 0.717) is 46.2 Å². The first-order valence-electron chi connectivity index (χ1n) is 17.1. The van der Waals surface area contributed by atoms with E-state index in [1.165, 1.54) is 0 Å². The molecule has 0 radical (unpaired) electrons. The normalized spacial score (nSPS) is 14.5. The van der Waals surface area contributed by atoms with Gasteiger partial charge in [-0.15, -0.1) is 0 Å². The second kappa shape index (κ2) is 15.6. The number of aromatic amines is 1. The zero-order valence-corrected chi connectivity index (χ0v) is 30.1. The minimum atomic E-state index is -0.146. The smallest absolute Gasteiger partial charge is 0.257 e. The molecule has 264 valence electrons. The summed E-state index contributed by atoms with van der Waals surface area (Å²) < 4.78 is 13.4. The van der Waals surface area contributed by atoms with E-state index in [9.17, 15) is 4.79 Å². The fourth-order valence-corrected chi connectivity index (χ4v) is 7.16. The number of imidazole rings is 1. The van der Waals surface area contributed by atoms with E-state index in [1.54, 1.807) is 36.6 Å². The molecule has 3 aromatic carbocycles. The summed E-state index contributed by atoms with van der Waals surface area (Å²) in [4.78, 5) is 23.1. The number of nitrogens with one attached hydrogen (secondary N) is 2. The number of carbonyl (C=O) groups excluding carboxylic acids is 1. The van der Waals surface area contributed by atoms with Gasteiger partial charge in [-0.2, -0.15) is 15.4 Å². The van der Waals surface area contributed by atoms with E-state index in [1.807, 2.05) is 61.6 Å². The van der Waals surface area contributed by atoms with E-state index in [0.717, 1.165) is 72.8 Å². The van der Waals surface area contributed by atoms with Crippen LogP contribution in [-0.2, 0) is 6.54 Å². The number of fused-ring (bicyclic) bond motifs is 1. The molecule has 6 aromatic rings. The fourth-order valence-electron chi connectivity index (χ4n) is 6.85. The lowest BCUT2D eigenvalue weighted by Gasteiger charge is -2.34. The lowest BCUT2D eigenvalue weighted by molar-refractivity contribution is 0.0778. The number of rotatable bonds is 13. The van der Waals surface area contributed by atoms with Crippen LogP contribution in [0.25, 0.3) is 22.3 Å². The van der Waals surface area contributed by atoms with Gasteiger partial charge in [0.25, 0.3) is 5.91 Å². The van der Waals surface area contributed by atoms with Crippen molar-refractivity contribution < 1.29 is 13.9 Å². The predicted octanol–water partition coefficient (Wildman–Crippen LogP) is 7.60. The average Bonchev–Trinajstić information content (AvgIpc) is 3.95. The summed E-state index contributed by atoms with van der Waals surface area (Å²) in [6.07, 6.45) is 6.14. The number of carbonyl (C=O) groups is 1. The lowest BCUT2D eigenvalue weighted by Crippen LogP contribution is -2.40. The molecule has 1 saturated heterocycles. The molecule has 1 atom stereocenters. The van der Waals surface area contributed by atoms with Gasteiger partial charge in [0.05, 0.1) is 52.8 Å². The predicted molar refractivity (Wildman–Crippen MR) is 200 cm³/mol. The summed E-state index contributed by atoms with van der Waals surface area (Å²) in [6.45, 7) is 3.87. The van der Waals surface area contributed by atoms with Crippen LogP contribution in [0.1, 0.15) is 46.9 Å². The zero-order valence-electron chi connectivity index (χ0n) is 28.6. The molecule has 2 N–H and O–H groups in total. The van der Waals surface area contributed by atoms with Crippen LogP contribution in [0.15, 0.2) is 89.7 Å². The van der Waals surface area contributed by atoms with E-state index in [2.05, 4.69) is 36.3 Å². The maximum atomic E-state index is 13.9. The van der Waals surface area contributed by atoms with Gasteiger partial charge >= 0.3 is 0 Å². The summed E-state index contributed by atoms with van der Waals surface area (Å²) in [5.74, 6) is 2.13. The molecular weight excluding hydrogens is 687 g/mol. The number of halogens is 2. The SMILES string of the molecule is COc1ccc(-c2cn[nH]n2)cc1C(=O)N(C)CC(CCN1CCC(Nc2nc3ccccc3n2Cc2ccco2)CC1)c1ccc(Cl)c(Cl)c1. The van der Waals surface area contributed by atoms with E-state index in [4.69, 9.17) is 37.3 Å². The number of benzene rings is 3. The van der Waals surface area contributed by atoms with Crippen molar-refractivity contribution in [2.45, 2.75) is 37.8 Å². The van der Waals surface area contributed by atoms with Crippen LogP contribution in [0.2, 0.25) is 10.0 Å². The van der Waals surface area contributed by atoms with Gasteiger partial charge < -0.3 is 28.8 Å². The molecule has 7 rings (SSSR count). The minimum Gasteiger partial charge on any atom is -0.496 e. The van der Waals surface area contributed by atoms with E-state index < -0.39 is 0 Å². The van der Waals surface area contributed by atoms with Crippen molar-refractivity contribution in [3.8, 4) is 17.0 Å². The summed E-state index contributed by atoms with van der Waals surface area (Å²) in [5.41, 5.74) is 4.96. The van der Waals surface area contributed by atoms with Crippen LogP contribution in [0, 0.1) is 0 Å². The van der Waals surface area contributed by atoms with Crippen molar-refractivity contribution in [1.29, 1.82) is 0 Å². The van der Waals surface area contributed by atoms with Crippen molar-refractivity contribution >= 4 is 46.1 Å². The molecule has 1 aliphatic heterocycles. The first-order chi connectivity index (χ1) is 24.9. The van der Waals surface area contributed by atoms with Crippen LogP contribution in [0.3, 0.4) is 0 Å². The monoisotopic (exact) mass is 726 g/mol. The number of hydrogen-bond donors (Lipinski definition) is 2. The number of anilines is 1. The largest absolute Gasteiger partial charge is 0.496 e. The van der Waals surface area contributed by atoms with Gasteiger partial charge in [0.2, 0.25) is 5.95 Å². The minimum absolute atomic E-state index is 0.0239. The molecule has 4 heterocycles. The number of amides is 1. The molecule has 1 unspecified atom stereocenters. The van der Waals surface area contributed by atoms with Crippen LogP contribution in [0.4, 0.5) is 5.95 Å². The number of H-pyrrole nitrogens is 1. The van der Waals surface area contributed by atoms with Gasteiger partial charge in [-0.1, -0.05) is 41.4 Å². The van der Waals surface area contributed by atoms with E-state index >= 15 is 0 Å². The number of methoxy groups -OCH3 is 1. The number of aromatic nitrogens is 5. The molecular formula is C38H40Cl2N8O3. The highest BCUT2D eigenvalue weighted by Gasteiger charge is 2.26. The highest BCUT2D eigenvalue weighted by Crippen LogP contribution is 2.32. The van der Waals surface area contributed by atoms with Crippen molar-refractivity contribution in [3.63, 3.8) is 0 Å². The van der Waals surface area contributed by atoms with Gasteiger partial charge in [-0.3, -0.25) is 4.79 Å². The molecule has 13 heteroatoms. The second-order valence-corrected chi connectivity index (χ2v) is 13.8. The van der Waals surface area contributed by atoms with Crippen LogP contribution in [-0.4, -0.2) is 87.0 Å². The number of ether oxygens (including phenoxy) is 1. The van der Waals surface area contributed by atoms with Crippen LogP contribution >= 0.6 is 23.2 Å². The molecule has 1 aliphatic rings. The molecule has 0 bridgehead atoms. The van der Waals surface area contributed by atoms with Gasteiger partial charge in [0.15, 0.2) is 0 Å². The summed E-state index contributed by atoms with van der Waals surface area (Å²) in [6, 6.07) is 23.6. The number of piperidine rings is 1. The van der Waals surface area contributed by atoms with Crippen LogP contribution < -0.4 is 10.1 Å². The van der Waals surface area contributed by atoms with Gasteiger partial charge in [0, 0.05) is 44.2 Å². The topological polar surface area (TPSA) is 117 Å². The Morgan fingerprint density at radius 2 is 1.92 bits per heavy atom. The molecule has 0 spiro atoms. The van der Waals surface area contributed by atoms with Crippen molar-refractivity contribution in [2.75, 3.05) is 45.7 Å². The quantitative estimate of drug-likeness (QED) is 0.125. The van der Waals surface area contributed by atoms with Gasteiger partial charge in [0.1, 0.15) is 17.2 Å². The Morgan fingerprint density at radius 1 is 1.08 bits per heavy atom. The van der Waals surface area contributed by atoms with Crippen molar-refractivity contribution in [2.24, 2.45) is 0 Å². The third-order valence-corrected chi connectivity index (χ3v) is 10.4. The first-order valence-corrected chi connectivity index (χ1v) is 17.8. The number of nitrogens with zero attached hydrogens (tertiary/aromatic N) is 6. The first kappa shape index (κ1) is 34.6. The van der Waals surface area contributed by atoms with Crippen LogP contribution in [0.5, 0.6) is 5.75 Å².